The van der Waals surface area contributed by atoms with Crippen LogP contribution >= 0.6 is 11.3 Å². The van der Waals surface area contributed by atoms with Gasteiger partial charge in [-0.15, -0.1) is 11.3 Å². The van der Waals surface area contributed by atoms with E-state index < -0.39 is 10.0 Å². The zero-order valence-corrected chi connectivity index (χ0v) is 12.3. The molecule has 0 radical (unpaired) electrons. The molecule has 0 aliphatic carbocycles. The Bertz CT molecular complexity index is 591. The van der Waals surface area contributed by atoms with E-state index in [1.165, 1.54) is 12.3 Å². The van der Waals surface area contributed by atoms with Crippen molar-refractivity contribution in [2.24, 2.45) is 0 Å². The van der Waals surface area contributed by atoms with Crippen LogP contribution in [0.5, 0.6) is 0 Å². The minimum Gasteiger partial charge on any atom is -0.300 e. The maximum absolute atomic E-state index is 12.0. The predicted molar refractivity (Wildman–Crippen MR) is 74.5 cm³/mol. The van der Waals surface area contributed by atoms with E-state index in [0.29, 0.717) is 6.54 Å². The summed E-state index contributed by atoms with van der Waals surface area (Å²) >= 11 is 1.61. The van der Waals surface area contributed by atoms with Crippen molar-refractivity contribution in [3.05, 3.63) is 34.7 Å². The van der Waals surface area contributed by atoms with Gasteiger partial charge in [-0.1, -0.05) is 6.07 Å². The van der Waals surface area contributed by atoms with Crippen molar-refractivity contribution in [1.29, 1.82) is 0 Å². The summed E-state index contributed by atoms with van der Waals surface area (Å²) in [5, 5.41) is 8.16. The number of aromatic nitrogens is 2. The Morgan fingerprint density at radius 3 is 2.79 bits per heavy atom. The molecule has 104 valence electrons. The minimum atomic E-state index is -3.53. The van der Waals surface area contributed by atoms with Crippen molar-refractivity contribution >= 4 is 21.4 Å². The Morgan fingerprint density at radius 2 is 2.26 bits per heavy atom. The van der Waals surface area contributed by atoms with Gasteiger partial charge < -0.3 is 4.90 Å². The number of hydrogen-bond acceptors (Lipinski definition) is 5. The Hall–Kier alpha value is -1.22. The van der Waals surface area contributed by atoms with Gasteiger partial charge in [-0.2, -0.15) is 5.10 Å². The molecule has 0 amide bonds. The predicted octanol–water partition coefficient (Wildman–Crippen LogP) is 1.05. The van der Waals surface area contributed by atoms with Gasteiger partial charge in [0.2, 0.25) is 0 Å². The van der Waals surface area contributed by atoms with Crippen LogP contribution in [0.15, 0.2) is 34.8 Å². The van der Waals surface area contributed by atoms with E-state index in [4.69, 9.17) is 0 Å². The highest BCUT2D eigenvalue weighted by molar-refractivity contribution is 7.89. The first-order valence-corrected chi connectivity index (χ1v) is 8.06. The molecule has 0 bridgehead atoms. The van der Waals surface area contributed by atoms with Gasteiger partial charge in [0.15, 0.2) is 5.03 Å². The summed E-state index contributed by atoms with van der Waals surface area (Å²) in [6.07, 6.45) is 1.41. The van der Waals surface area contributed by atoms with E-state index in [0.717, 1.165) is 4.88 Å². The van der Waals surface area contributed by atoms with Gasteiger partial charge >= 0.3 is 0 Å². The van der Waals surface area contributed by atoms with Gasteiger partial charge in [-0.05, 0) is 31.6 Å². The van der Waals surface area contributed by atoms with E-state index in [2.05, 4.69) is 14.9 Å². The summed E-state index contributed by atoms with van der Waals surface area (Å²) in [4.78, 5) is 3.11. The standard InChI is InChI=1S/C11H16N4O2S2/c1-15(2)9(10-4-3-7-18-10)8-13-19(16,17)11-5-6-12-14-11/h3-7,9,13H,8H2,1-2H3,(H,12,14). The number of rotatable bonds is 6. The van der Waals surface area contributed by atoms with Crippen LogP contribution < -0.4 is 4.72 Å². The van der Waals surface area contributed by atoms with E-state index in [-0.39, 0.29) is 11.1 Å². The highest BCUT2D eigenvalue weighted by atomic mass is 32.2. The summed E-state index contributed by atoms with van der Waals surface area (Å²) in [6, 6.07) is 5.40. The zero-order chi connectivity index (χ0) is 13.9. The Balaban J connectivity index is 2.08. The lowest BCUT2D eigenvalue weighted by Gasteiger charge is -2.23. The van der Waals surface area contributed by atoms with Crippen molar-refractivity contribution in [2.45, 2.75) is 11.1 Å². The van der Waals surface area contributed by atoms with Crippen molar-refractivity contribution in [3.8, 4) is 0 Å². The van der Waals surface area contributed by atoms with Gasteiger partial charge in [0, 0.05) is 11.4 Å². The van der Waals surface area contributed by atoms with Crippen LogP contribution in [0.2, 0.25) is 0 Å². The average molecular weight is 300 g/mol. The van der Waals surface area contributed by atoms with Crippen LogP contribution in [0.25, 0.3) is 0 Å². The fourth-order valence-corrected chi connectivity index (χ4v) is 3.55. The first-order valence-electron chi connectivity index (χ1n) is 5.69. The number of sulfonamides is 1. The topological polar surface area (TPSA) is 78.1 Å². The van der Waals surface area contributed by atoms with Crippen LogP contribution in [-0.4, -0.2) is 44.2 Å². The number of nitrogens with one attached hydrogen (secondary N) is 2. The minimum absolute atomic E-state index is 0.0118. The maximum Gasteiger partial charge on any atom is 0.257 e. The van der Waals surface area contributed by atoms with Crippen molar-refractivity contribution in [2.75, 3.05) is 20.6 Å². The number of aromatic amines is 1. The molecule has 2 aromatic rings. The molecule has 0 fully saturated rings. The van der Waals surface area contributed by atoms with Crippen molar-refractivity contribution < 1.29 is 8.42 Å². The molecular formula is C11H16N4O2S2. The Morgan fingerprint density at radius 1 is 1.47 bits per heavy atom. The molecule has 1 unspecified atom stereocenters. The number of hydrogen-bond donors (Lipinski definition) is 2. The van der Waals surface area contributed by atoms with Gasteiger partial charge in [0.05, 0.1) is 12.2 Å². The lowest BCUT2D eigenvalue weighted by Crippen LogP contribution is -2.34. The first kappa shape index (κ1) is 14.2. The smallest absolute Gasteiger partial charge is 0.257 e. The van der Waals surface area contributed by atoms with E-state index in [1.807, 2.05) is 36.5 Å². The molecule has 8 heteroatoms. The third kappa shape index (κ3) is 3.41. The molecular weight excluding hydrogens is 284 g/mol. The number of H-pyrrole nitrogens is 1. The first-order chi connectivity index (χ1) is 9.00. The van der Waals surface area contributed by atoms with Gasteiger partial charge in [-0.25, -0.2) is 13.1 Å². The molecule has 0 saturated carbocycles. The molecule has 0 aromatic carbocycles. The van der Waals surface area contributed by atoms with Crippen molar-refractivity contribution in [1.82, 2.24) is 19.8 Å². The highest BCUT2D eigenvalue weighted by Gasteiger charge is 2.20. The summed E-state index contributed by atoms with van der Waals surface area (Å²) in [6.45, 7) is 0.314. The molecule has 1 atom stereocenters. The number of thiophene rings is 1. The summed E-state index contributed by atoms with van der Waals surface area (Å²) in [5.41, 5.74) is 0. The molecule has 19 heavy (non-hydrogen) atoms. The second-order valence-electron chi connectivity index (χ2n) is 4.27. The SMILES string of the molecule is CN(C)C(CNS(=O)(=O)c1ccn[nH]1)c1cccs1. The molecule has 6 nitrogen and oxygen atoms in total. The molecule has 2 heterocycles. The third-order valence-corrected chi connectivity index (χ3v) is 5.05. The quantitative estimate of drug-likeness (QED) is 0.836. The van der Waals surface area contributed by atoms with Gasteiger partial charge in [-0.3, -0.25) is 5.10 Å². The molecule has 2 N–H and O–H groups in total. The highest BCUT2D eigenvalue weighted by Crippen LogP contribution is 2.22. The molecule has 0 saturated heterocycles. The van der Waals surface area contributed by atoms with E-state index >= 15 is 0 Å². The van der Waals surface area contributed by atoms with Gasteiger partial charge in [0.1, 0.15) is 0 Å². The lowest BCUT2D eigenvalue weighted by molar-refractivity contribution is 0.303. The fourth-order valence-electron chi connectivity index (χ4n) is 1.68. The Labute approximate surface area is 116 Å². The van der Waals surface area contributed by atoms with Gasteiger partial charge in [0.25, 0.3) is 10.0 Å². The molecule has 2 rings (SSSR count). The second-order valence-corrected chi connectivity index (χ2v) is 6.98. The fraction of sp³-hybridized carbons (Fsp3) is 0.364. The molecule has 0 aliphatic rings. The summed E-state index contributed by atoms with van der Waals surface area (Å²) < 4.78 is 26.6. The molecule has 0 aliphatic heterocycles. The Kier molecular flexibility index (Phi) is 4.35. The summed E-state index contributed by atoms with van der Waals surface area (Å²) in [7, 11) is 0.324. The lowest BCUT2D eigenvalue weighted by atomic mass is 10.2. The van der Waals surface area contributed by atoms with Crippen LogP contribution in [0, 0.1) is 0 Å². The summed E-state index contributed by atoms with van der Waals surface area (Å²) in [5.74, 6) is 0. The number of nitrogens with zero attached hydrogens (tertiary/aromatic N) is 2. The molecule has 2 aromatic heterocycles. The molecule has 0 spiro atoms. The van der Waals surface area contributed by atoms with Crippen molar-refractivity contribution in [3.63, 3.8) is 0 Å². The number of likely N-dealkylation sites (N-methyl/N-ethyl adjacent to an activating group) is 1. The monoisotopic (exact) mass is 300 g/mol. The normalized spacial score (nSPS) is 13.8. The van der Waals surface area contributed by atoms with E-state index in [9.17, 15) is 8.42 Å². The van der Waals surface area contributed by atoms with E-state index in [1.54, 1.807) is 11.3 Å². The zero-order valence-electron chi connectivity index (χ0n) is 10.7. The second kappa shape index (κ2) is 5.83. The van der Waals surface area contributed by atoms with Crippen LogP contribution in [-0.2, 0) is 10.0 Å². The van der Waals surface area contributed by atoms with Crippen LogP contribution in [0.4, 0.5) is 0 Å². The maximum atomic E-state index is 12.0. The van der Waals surface area contributed by atoms with Crippen LogP contribution in [0.3, 0.4) is 0 Å². The van der Waals surface area contributed by atoms with Crippen LogP contribution in [0.1, 0.15) is 10.9 Å². The average Bonchev–Trinajstić information content (AvgIpc) is 3.02. The third-order valence-electron chi connectivity index (χ3n) is 2.73. The largest absolute Gasteiger partial charge is 0.300 e.